The third kappa shape index (κ3) is 2.16. The molecule has 1 aromatic rings. The summed E-state index contributed by atoms with van der Waals surface area (Å²) >= 11 is 0. The summed E-state index contributed by atoms with van der Waals surface area (Å²) in [6, 6.07) is 0.361. The maximum atomic E-state index is 10.6. The van der Waals surface area contributed by atoms with Gasteiger partial charge in [-0.3, -0.25) is 0 Å². The Hall–Kier alpha value is -1.56. The van der Waals surface area contributed by atoms with Gasteiger partial charge in [-0.2, -0.15) is 4.98 Å². The maximum Gasteiger partial charge on any atom is 0.357 e. The fourth-order valence-electron chi connectivity index (χ4n) is 1.78. The molecule has 1 N–H and O–H groups in total. The standard InChI is InChI=1S/C10H14N2O4/c1-2-15-7-3-4-12(5-7)10-11-8(6-16-10)9(13)14/h6-7H,2-5H2,1H3,(H,13,14)/t7-/m0/s1. The van der Waals surface area contributed by atoms with Gasteiger partial charge in [-0.25, -0.2) is 4.79 Å². The first kappa shape index (κ1) is 10.9. The molecule has 0 radical (unpaired) electrons. The van der Waals surface area contributed by atoms with Gasteiger partial charge >= 0.3 is 5.97 Å². The highest BCUT2D eigenvalue weighted by molar-refractivity contribution is 5.85. The van der Waals surface area contributed by atoms with Crippen LogP contribution in [0.3, 0.4) is 0 Å². The van der Waals surface area contributed by atoms with Crippen LogP contribution in [-0.2, 0) is 4.74 Å². The fraction of sp³-hybridized carbons (Fsp3) is 0.600. The predicted octanol–water partition coefficient (Wildman–Crippen LogP) is 0.988. The monoisotopic (exact) mass is 226 g/mol. The second-order valence-electron chi connectivity index (χ2n) is 3.63. The summed E-state index contributed by atoms with van der Waals surface area (Å²) in [5.41, 5.74) is -0.0603. The average molecular weight is 226 g/mol. The number of oxazole rings is 1. The number of rotatable bonds is 4. The number of hydrogen-bond donors (Lipinski definition) is 1. The molecule has 16 heavy (non-hydrogen) atoms. The van der Waals surface area contributed by atoms with Crippen molar-refractivity contribution in [2.24, 2.45) is 0 Å². The van der Waals surface area contributed by atoms with Crippen molar-refractivity contribution in [2.45, 2.75) is 19.4 Å². The Morgan fingerprint density at radius 2 is 2.62 bits per heavy atom. The van der Waals surface area contributed by atoms with Crippen LogP contribution in [0.5, 0.6) is 0 Å². The van der Waals surface area contributed by atoms with E-state index >= 15 is 0 Å². The fourth-order valence-corrected chi connectivity index (χ4v) is 1.78. The first-order chi connectivity index (χ1) is 7.70. The number of hydrogen-bond acceptors (Lipinski definition) is 5. The minimum atomic E-state index is -1.07. The van der Waals surface area contributed by atoms with Crippen molar-refractivity contribution < 1.29 is 19.1 Å². The van der Waals surface area contributed by atoms with Crippen LogP contribution < -0.4 is 4.90 Å². The van der Waals surface area contributed by atoms with E-state index in [2.05, 4.69) is 4.98 Å². The molecule has 6 nitrogen and oxygen atoms in total. The summed E-state index contributed by atoms with van der Waals surface area (Å²) in [5.74, 6) is -1.07. The number of anilines is 1. The summed E-state index contributed by atoms with van der Waals surface area (Å²) in [6.45, 7) is 4.12. The van der Waals surface area contributed by atoms with Crippen LogP contribution in [0.15, 0.2) is 10.7 Å². The Bertz CT molecular complexity index is 377. The number of ether oxygens (including phenoxy) is 1. The lowest BCUT2D eigenvalue weighted by Gasteiger charge is -2.13. The van der Waals surface area contributed by atoms with Crippen LogP contribution in [0.2, 0.25) is 0 Å². The molecule has 0 bridgehead atoms. The van der Waals surface area contributed by atoms with Gasteiger partial charge in [-0.1, -0.05) is 0 Å². The quantitative estimate of drug-likeness (QED) is 0.825. The van der Waals surface area contributed by atoms with E-state index in [9.17, 15) is 4.79 Å². The average Bonchev–Trinajstić information content (AvgIpc) is 2.84. The van der Waals surface area contributed by atoms with E-state index in [0.717, 1.165) is 19.2 Å². The van der Waals surface area contributed by atoms with Crippen molar-refractivity contribution in [1.29, 1.82) is 0 Å². The molecular weight excluding hydrogens is 212 g/mol. The molecule has 1 fully saturated rings. The zero-order valence-corrected chi connectivity index (χ0v) is 9.05. The van der Waals surface area contributed by atoms with E-state index in [1.807, 2.05) is 11.8 Å². The van der Waals surface area contributed by atoms with Gasteiger partial charge < -0.3 is 19.2 Å². The zero-order valence-electron chi connectivity index (χ0n) is 9.05. The van der Waals surface area contributed by atoms with Crippen molar-refractivity contribution in [3.05, 3.63) is 12.0 Å². The molecule has 0 spiro atoms. The Balaban J connectivity index is 2.00. The normalized spacial score (nSPS) is 20.3. The lowest BCUT2D eigenvalue weighted by atomic mass is 10.3. The van der Waals surface area contributed by atoms with Crippen molar-refractivity contribution in [1.82, 2.24) is 4.98 Å². The summed E-state index contributed by atoms with van der Waals surface area (Å²) in [7, 11) is 0. The smallest absolute Gasteiger partial charge is 0.357 e. The van der Waals surface area contributed by atoms with Crippen LogP contribution in [0.1, 0.15) is 23.8 Å². The van der Waals surface area contributed by atoms with Crippen LogP contribution in [-0.4, -0.2) is 41.9 Å². The molecule has 0 aromatic carbocycles. The highest BCUT2D eigenvalue weighted by atomic mass is 16.5. The van der Waals surface area contributed by atoms with Gasteiger partial charge in [-0.15, -0.1) is 0 Å². The minimum absolute atomic E-state index is 0.0603. The Labute approximate surface area is 92.8 Å². The second kappa shape index (κ2) is 4.52. The molecule has 1 aliphatic heterocycles. The van der Waals surface area contributed by atoms with Crippen LogP contribution in [0.4, 0.5) is 6.01 Å². The SMILES string of the molecule is CCO[C@H]1CCN(c2nc(C(=O)O)co2)C1. The van der Waals surface area contributed by atoms with Gasteiger partial charge in [0, 0.05) is 19.7 Å². The van der Waals surface area contributed by atoms with E-state index in [-0.39, 0.29) is 11.8 Å². The molecule has 0 aliphatic carbocycles. The van der Waals surface area contributed by atoms with Gasteiger partial charge in [0.2, 0.25) is 0 Å². The van der Waals surface area contributed by atoms with E-state index in [0.29, 0.717) is 19.2 Å². The molecule has 0 saturated carbocycles. The lowest BCUT2D eigenvalue weighted by molar-refractivity contribution is 0.0690. The van der Waals surface area contributed by atoms with Gasteiger partial charge in [0.1, 0.15) is 6.26 Å². The van der Waals surface area contributed by atoms with E-state index in [4.69, 9.17) is 14.3 Å². The molecule has 0 unspecified atom stereocenters. The summed E-state index contributed by atoms with van der Waals surface area (Å²) in [4.78, 5) is 16.4. The number of aromatic nitrogens is 1. The molecule has 6 heteroatoms. The topological polar surface area (TPSA) is 75.8 Å². The number of aromatic carboxylic acids is 1. The second-order valence-corrected chi connectivity index (χ2v) is 3.63. The lowest BCUT2D eigenvalue weighted by Crippen LogP contribution is -2.23. The van der Waals surface area contributed by atoms with Crippen molar-refractivity contribution >= 4 is 12.0 Å². The van der Waals surface area contributed by atoms with Crippen LogP contribution >= 0.6 is 0 Å². The third-order valence-electron chi connectivity index (χ3n) is 2.53. The van der Waals surface area contributed by atoms with Crippen molar-refractivity contribution in [3.8, 4) is 0 Å². The molecule has 1 aromatic heterocycles. The van der Waals surface area contributed by atoms with Crippen LogP contribution in [0.25, 0.3) is 0 Å². The first-order valence-corrected chi connectivity index (χ1v) is 5.26. The largest absolute Gasteiger partial charge is 0.476 e. The van der Waals surface area contributed by atoms with Crippen molar-refractivity contribution in [3.63, 3.8) is 0 Å². The maximum absolute atomic E-state index is 10.6. The molecule has 88 valence electrons. The summed E-state index contributed by atoms with van der Waals surface area (Å²) in [5, 5.41) is 8.71. The Morgan fingerprint density at radius 3 is 3.25 bits per heavy atom. The Morgan fingerprint density at radius 1 is 1.81 bits per heavy atom. The highest BCUT2D eigenvalue weighted by Crippen LogP contribution is 2.21. The number of carbonyl (C=O) groups is 1. The first-order valence-electron chi connectivity index (χ1n) is 5.26. The molecule has 1 atom stereocenters. The van der Waals surface area contributed by atoms with Crippen LogP contribution in [0, 0.1) is 0 Å². The van der Waals surface area contributed by atoms with E-state index in [1.165, 1.54) is 0 Å². The summed E-state index contributed by atoms with van der Waals surface area (Å²) < 4.78 is 10.6. The predicted molar refractivity (Wildman–Crippen MR) is 55.7 cm³/mol. The number of nitrogens with zero attached hydrogens (tertiary/aromatic N) is 2. The summed E-state index contributed by atoms with van der Waals surface area (Å²) in [6.07, 6.45) is 2.26. The molecule has 0 amide bonds. The van der Waals surface area contributed by atoms with Gasteiger partial charge in [0.25, 0.3) is 6.01 Å². The third-order valence-corrected chi connectivity index (χ3v) is 2.53. The molecule has 2 heterocycles. The Kier molecular flexibility index (Phi) is 3.09. The molecule has 1 aliphatic rings. The number of carboxylic acids is 1. The van der Waals surface area contributed by atoms with Gasteiger partial charge in [0.05, 0.1) is 6.10 Å². The zero-order chi connectivity index (χ0) is 11.5. The molecular formula is C10H14N2O4. The number of carboxylic acid groups (broad SMARTS) is 1. The van der Waals surface area contributed by atoms with Gasteiger partial charge in [0.15, 0.2) is 5.69 Å². The highest BCUT2D eigenvalue weighted by Gasteiger charge is 2.26. The van der Waals surface area contributed by atoms with Gasteiger partial charge in [-0.05, 0) is 13.3 Å². The molecule has 2 rings (SSSR count). The van der Waals surface area contributed by atoms with E-state index < -0.39 is 5.97 Å². The minimum Gasteiger partial charge on any atom is -0.476 e. The molecule has 1 saturated heterocycles. The van der Waals surface area contributed by atoms with E-state index in [1.54, 1.807) is 0 Å². The van der Waals surface area contributed by atoms with Crippen molar-refractivity contribution in [2.75, 3.05) is 24.6 Å².